The van der Waals surface area contributed by atoms with Crippen LogP contribution in [0.25, 0.3) is 0 Å². The van der Waals surface area contributed by atoms with E-state index in [0.29, 0.717) is 24.2 Å². The van der Waals surface area contributed by atoms with Crippen LogP contribution in [0.1, 0.15) is 24.8 Å². The number of amides is 1. The van der Waals surface area contributed by atoms with Crippen LogP contribution in [0.4, 0.5) is 11.4 Å². The summed E-state index contributed by atoms with van der Waals surface area (Å²) in [6.07, 6.45) is 2.19. The Morgan fingerprint density at radius 3 is 3.00 bits per heavy atom. The van der Waals surface area contributed by atoms with Crippen LogP contribution < -0.4 is 10.6 Å². The Kier molecular flexibility index (Phi) is 3.99. The number of nitrogens with zero attached hydrogens (tertiary/aromatic N) is 1. The monoisotopic (exact) mass is 263 g/mol. The zero-order valence-electron chi connectivity index (χ0n) is 10.8. The Hall–Kier alpha value is -2.11. The van der Waals surface area contributed by atoms with Gasteiger partial charge in [-0.15, -0.1) is 0 Å². The number of hydrogen-bond acceptors (Lipinski definition) is 4. The van der Waals surface area contributed by atoms with Gasteiger partial charge in [0.05, 0.1) is 4.92 Å². The fourth-order valence-corrected chi connectivity index (χ4v) is 2.23. The van der Waals surface area contributed by atoms with Crippen LogP contribution in [0.2, 0.25) is 0 Å². The molecular weight excluding hydrogens is 246 g/mol. The minimum absolute atomic E-state index is 0.0246. The molecule has 6 nitrogen and oxygen atoms in total. The van der Waals surface area contributed by atoms with Gasteiger partial charge in [-0.25, -0.2) is 0 Å². The van der Waals surface area contributed by atoms with Crippen LogP contribution >= 0.6 is 0 Å². The molecule has 1 atom stereocenters. The van der Waals surface area contributed by atoms with E-state index in [4.69, 9.17) is 0 Å². The van der Waals surface area contributed by atoms with E-state index in [0.717, 1.165) is 12.8 Å². The van der Waals surface area contributed by atoms with E-state index >= 15 is 0 Å². The van der Waals surface area contributed by atoms with Crippen LogP contribution in [-0.2, 0) is 4.79 Å². The number of benzene rings is 1. The van der Waals surface area contributed by atoms with Gasteiger partial charge in [0.2, 0.25) is 5.91 Å². The summed E-state index contributed by atoms with van der Waals surface area (Å²) < 4.78 is 0. The average Bonchev–Trinajstić information content (AvgIpc) is 2.56. The van der Waals surface area contributed by atoms with Crippen molar-refractivity contribution < 1.29 is 9.72 Å². The highest BCUT2D eigenvalue weighted by Crippen LogP contribution is 2.24. The lowest BCUT2D eigenvalue weighted by Crippen LogP contribution is -2.26. The van der Waals surface area contributed by atoms with Gasteiger partial charge in [0, 0.05) is 36.3 Å². The molecule has 1 aromatic rings. The number of carbonyl (C=O) groups is 1. The third-order valence-corrected chi connectivity index (χ3v) is 3.26. The van der Waals surface area contributed by atoms with E-state index in [1.54, 1.807) is 13.0 Å². The second-order valence-corrected chi connectivity index (χ2v) is 4.80. The molecule has 2 N–H and O–H groups in total. The molecule has 1 saturated heterocycles. The number of aryl methyl sites for hydroxylation is 1. The molecule has 19 heavy (non-hydrogen) atoms. The predicted molar refractivity (Wildman–Crippen MR) is 72.1 cm³/mol. The summed E-state index contributed by atoms with van der Waals surface area (Å²) in [6.45, 7) is 2.41. The Bertz CT molecular complexity index is 502. The van der Waals surface area contributed by atoms with Crippen molar-refractivity contribution in [2.24, 2.45) is 0 Å². The van der Waals surface area contributed by atoms with E-state index in [1.807, 2.05) is 6.07 Å². The van der Waals surface area contributed by atoms with Crippen LogP contribution in [-0.4, -0.2) is 23.4 Å². The number of carbonyl (C=O) groups excluding carboxylic acids is 1. The SMILES string of the molecule is Cc1ccc(NC2CCCNC(=O)C2)cc1[N+](=O)[O-]. The molecular formula is C13H17N3O3. The minimum atomic E-state index is -0.389. The zero-order valence-corrected chi connectivity index (χ0v) is 10.8. The van der Waals surface area contributed by atoms with Gasteiger partial charge in [0.15, 0.2) is 0 Å². The second kappa shape index (κ2) is 5.69. The number of rotatable bonds is 3. The second-order valence-electron chi connectivity index (χ2n) is 4.80. The van der Waals surface area contributed by atoms with Crippen molar-refractivity contribution in [2.75, 3.05) is 11.9 Å². The summed E-state index contributed by atoms with van der Waals surface area (Å²) >= 11 is 0. The average molecular weight is 263 g/mol. The molecule has 102 valence electrons. The molecule has 0 aromatic heterocycles. The van der Waals surface area contributed by atoms with Gasteiger partial charge in [-0.2, -0.15) is 0 Å². The highest BCUT2D eigenvalue weighted by Gasteiger charge is 2.18. The normalized spacial score (nSPS) is 19.4. The quantitative estimate of drug-likeness (QED) is 0.645. The molecule has 0 saturated carbocycles. The summed E-state index contributed by atoms with van der Waals surface area (Å²) in [6, 6.07) is 5.09. The van der Waals surface area contributed by atoms with Gasteiger partial charge in [0.1, 0.15) is 0 Å². The summed E-state index contributed by atoms with van der Waals surface area (Å²) in [5, 5.41) is 16.9. The minimum Gasteiger partial charge on any atom is -0.382 e. The third kappa shape index (κ3) is 3.43. The van der Waals surface area contributed by atoms with E-state index in [9.17, 15) is 14.9 Å². The molecule has 1 unspecified atom stereocenters. The topological polar surface area (TPSA) is 84.3 Å². The van der Waals surface area contributed by atoms with Crippen molar-refractivity contribution in [3.05, 3.63) is 33.9 Å². The Labute approximate surface area is 111 Å². The Morgan fingerprint density at radius 1 is 1.47 bits per heavy atom. The van der Waals surface area contributed by atoms with Gasteiger partial charge in [0.25, 0.3) is 5.69 Å². The number of nitrogens with one attached hydrogen (secondary N) is 2. The largest absolute Gasteiger partial charge is 0.382 e. The van der Waals surface area contributed by atoms with Crippen LogP contribution in [0, 0.1) is 17.0 Å². The molecule has 0 bridgehead atoms. The first kappa shape index (κ1) is 13.3. The van der Waals surface area contributed by atoms with E-state index in [2.05, 4.69) is 10.6 Å². The summed E-state index contributed by atoms with van der Waals surface area (Å²) in [7, 11) is 0. The van der Waals surface area contributed by atoms with Crippen LogP contribution in [0.15, 0.2) is 18.2 Å². The van der Waals surface area contributed by atoms with Crippen molar-refractivity contribution in [3.63, 3.8) is 0 Å². The molecule has 0 radical (unpaired) electrons. The lowest BCUT2D eigenvalue weighted by molar-refractivity contribution is -0.385. The predicted octanol–water partition coefficient (Wildman–Crippen LogP) is 1.98. The number of anilines is 1. The highest BCUT2D eigenvalue weighted by molar-refractivity contribution is 5.77. The van der Waals surface area contributed by atoms with Gasteiger partial charge in [-0.05, 0) is 25.8 Å². The summed E-state index contributed by atoms with van der Waals surface area (Å²) in [5.41, 5.74) is 1.43. The Balaban J connectivity index is 2.12. The Morgan fingerprint density at radius 2 is 2.26 bits per heavy atom. The standard InChI is InChI=1S/C13H17N3O3/c1-9-4-5-11(7-12(9)16(18)19)15-10-3-2-6-14-13(17)8-10/h4-5,7,10,15H,2-3,6,8H2,1H3,(H,14,17). The van der Waals surface area contributed by atoms with Crippen molar-refractivity contribution in [2.45, 2.75) is 32.2 Å². The molecule has 0 spiro atoms. The lowest BCUT2D eigenvalue weighted by Gasteiger charge is -2.16. The zero-order chi connectivity index (χ0) is 13.8. The summed E-state index contributed by atoms with van der Waals surface area (Å²) in [5.74, 6) is 0.0246. The molecule has 1 aromatic carbocycles. The van der Waals surface area contributed by atoms with Gasteiger partial charge in [-0.1, -0.05) is 6.07 Å². The maximum atomic E-state index is 11.5. The molecule has 1 heterocycles. The smallest absolute Gasteiger partial charge is 0.274 e. The maximum Gasteiger partial charge on any atom is 0.274 e. The molecule has 1 aliphatic rings. The van der Waals surface area contributed by atoms with E-state index in [1.165, 1.54) is 6.07 Å². The van der Waals surface area contributed by atoms with Crippen LogP contribution in [0.3, 0.4) is 0 Å². The number of nitro benzene ring substituents is 1. The maximum absolute atomic E-state index is 11.5. The fourth-order valence-electron chi connectivity index (χ4n) is 2.23. The van der Waals surface area contributed by atoms with E-state index < -0.39 is 0 Å². The fraction of sp³-hybridized carbons (Fsp3) is 0.462. The van der Waals surface area contributed by atoms with Gasteiger partial charge < -0.3 is 10.6 Å². The third-order valence-electron chi connectivity index (χ3n) is 3.26. The first-order valence-electron chi connectivity index (χ1n) is 6.34. The molecule has 2 rings (SSSR count). The molecule has 6 heteroatoms. The van der Waals surface area contributed by atoms with Crippen molar-refractivity contribution >= 4 is 17.3 Å². The van der Waals surface area contributed by atoms with Crippen molar-refractivity contribution in [1.29, 1.82) is 0 Å². The van der Waals surface area contributed by atoms with Crippen molar-refractivity contribution in [1.82, 2.24) is 5.32 Å². The number of nitro groups is 1. The summed E-state index contributed by atoms with van der Waals surface area (Å²) in [4.78, 5) is 22.0. The highest BCUT2D eigenvalue weighted by atomic mass is 16.6. The molecule has 1 aliphatic heterocycles. The molecule has 1 amide bonds. The van der Waals surface area contributed by atoms with E-state index in [-0.39, 0.29) is 22.6 Å². The molecule has 1 fully saturated rings. The van der Waals surface area contributed by atoms with Crippen molar-refractivity contribution in [3.8, 4) is 0 Å². The first-order chi connectivity index (χ1) is 9.06. The van der Waals surface area contributed by atoms with Gasteiger partial charge in [-0.3, -0.25) is 14.9 Å². The molecule has 0 aliphatic carbocycles. The first-order valence-corrected chi connectivity index (χ1v) is 6.34. The lowest BCUT2D eigenvalue weighted by atomic mass is 10.1. The number of hydrogen-bond donors (Lipinski definition) is 2. The van der Waals surface area contributed by atoms with Crippen LogP contribution in [0.5, 0.6) is 0 Å². The van der Waals surface area contributed by atoms with Gasteiger partial charge >= 0.3 is 0 Å².